The summed E-state index contributed by atoms with van der Waals surface area (Å²) in [6.45, 7) is 0.582. The molecule has 0 atom stereocenters. The van der Waals surface area contributed by atoms with Crippen LogP contribution in [-0.4, -0.2) is 36.3 Å². The number of nitrogens with one attached hydrogen (secondary N) is 2. The summed E-state index contributed by atoms with van der Waals surface area (Å²) in [6.07, 6.45) is -0.741. The van der Waals surface area contributed by atoms with Crippen LogP contribution in [0, 0.1) is 0 Å². The highest BCUT2D eigenvalue weighted by Gasteiger charge is 2.32. The average molecular weight is 296 g/mol. The molecule has 0 saturated carbocycles. The number of alkyl halides is 3. The van der Waals surface area contributed by atoms with E-state index >= 15 is 0 Å². The molecule has 0 aromatic carbocycles. The summed E-state index contributed by atoms with van der Waals surface area (Å²) in [4.78, 5) is 0. The molecule has 0 bridgehead atoms. The van der Waals surface area contributed by atoms with Crippen LogP contribution in [0.5, 0.6) is 0 Å². The van der Waals surface area contributed by atoms with Crippen LogP contribution in [0.1, 0.15) is 12.8 Å². The summed E-state index contributed by atoms with van der Waals surface area (Å²) in [6, 6.07) is 0. The quantitative estimate of drug-likeness (QED) is 0.673. The van der Waals surface area contributed by atoms with E-state index in [-0.39, 0.29) is 18.8 Å². The van der Waals surface area contributed by atoms with Crippen molar-refractivity contribution in [1.82, 2.24) is 10.6 Å². The molecule has 108 valence electrons. The molecule has 0 spiro atoms. The van der Waals surface area contributed by atoms with E-state index in [0.717, 1.165) is 0 Å². The highest BCUT2D eigenvalue weighted by atomic mass is 32.1. The van der Waals surface area contributed by atoms with Gasteiger partial charge in [0.15, 0.2) is 5.11 Å². The number of halogens is 3. The lowest BCUT2D eigenvalue weighted by atomic mass is 10.1. The maximum Gasteiger partial charge on any atom is 0.572 e. The molecule has 0 unspecified atom stereocenters. The Labute approximate surface area is 114 Å². The average Bonchev–Trinajstić information content (AvgIpc) is 2.32. The normalized spacial score (nSPS) is 15.4. The maximum atomic E-state index is 12.1. The predicted molar refractivity (Wildman–Crippen MR) is 68.2 cm³/mol. The fourth-order valence-electron chi connectivity index (χ4n) is 1.50. The Kier molecular flexibility index (Phi) is 6.10. The number of aliphatic hydroxyl groups is 1. The van der Waals surface area contributed by atoms with Gasteiger partial charge in [0, 0.05) is 19.5 Å². The molecule has 3 N–H and O–H groups in total. The summed E-state index contributed by atoms with van der Waals surface area (Å²) in [5.41, 5.74) is 0.679. The third kappa shape index (κ3) is 7.02. The van der Waals surface area contributed by atoms with Crippen molar-refractivity contribution >= 4 is 17.3 Å². The van der Waals surface area contributed by atoms with Gasteiger partial charge in [-0.2, -0.15) is 0 Å². The van der Waals surface area contributed by atoms with E-state index in [2.05, 4.69) is 15.4 Å². The highest BCUT2D eigenvalue weighted by Crippen LogP contribution is 2.26. The van der Waals surface area contributed by atoms with Crippen molar-refractivity contribution in [3.05, 3.63) is 23.5 Å². The number of allylic oxidation sites excluding steroid dienone is 2. The molecule has 0 aromatic heterocycles. The van der Waals surface area contributed by atoms with Crippen molar-refractivity contribution in [2.24, 2.45) is 0 Å². The SMILES string of the molecule is OCCNC(=S)NCC1=CCCC(OC(F)(F)F)=C1. The molecule has 8 heteroatoms. The number of ether oxygens (including phenoxy) is 1. The first-order valence-corrected chi connectivity index (χ1v) is 6.09. The van der Waals surface area contributed by atoms with Gasteiger partial charge in [0.1, 0.15) is 5.76 Å². The van der Waals surface area contributed by atoms with Crippen molar-refractivity contribution in [2.75, 3.05) is 19.7 Å². The van der Waals surface area contributed by atoms with Gasteiger partial charge in [-0.15, -0.1) is 13.2 Å². The number of rotatable bonds is 5. The first-order valence-electron chi connectivity index (χ1n) is 5.68. The first kappa shape index (κ1) is 15.8. The molecule has 0 radical (unpaired) electrons. The minimum atomic E-state index is -4.65. The summed E-state index contributed by atoms with van der Waals surface area (Å²) < 4.78 is 40.1. The highest BCUT2D eigenvalue weighted by molar-refractivity contribution is 7.80. The summed E-state index contributed by atoms with van der Waals surface area (Å²) >= 11 is 4.91. The Bertz CT molecular complexity index is 381. The van der Waals surface area contributed by atoms with Gasteiger partial charge >= 0.3 is 6.36 Å². The number of thiocarbonyl (C=S) groups is 1. The zero-order chi connectivity index (χ0) is 14.3. The third-order valence-electron chi connectivity index (χ3n) is 2.24. The van der Waals surface area contributed by atoms with E-state index in [1.54, 1.807) is 0 Å². The van der Waals surface area contributed by atoms with Gasteiger partial charge in [-0.25, -0.2) is 0 Å². The second kappa shape index (κ2) is 7.34. The van der Waals surface area contributed by atoms with Crippen LogP contribution >= 0.6 is 12.2 Å². The molecule has 0 saturated heterocycles. The topological polar surface area (TPSA) is 53.5 Å². The number of aliphatic hydroxyl groups excluding tert-OH is 1. The van der Waals surface area contributed by atoms with Gasteiger partial charge in [-0.3, -0.25) is 0 Å². The van der Waals surface area contributed by atoms with E-state index in [1.165, 1.54) is 6.08 Å². The monoisotopic (exact) mass is 296 g/mol. The lowest BCUT2D eigenvalue weighted by Crippen LogP contribution is -2.37. The minimum Gasteiger partial charge on any atom is -0.410 e. The fraction of sp³-hybridized carbons (Fsp3) is 0.545. The zero-order valence-electron chi connectivity index (χ0n) is 10.1. The van der Waals surface area contributed by atoms with Crippen LogP contribution in [0.15, 0.2) is 23.5 Å². The lowest BCUT2D eigenvalue weighted by Gasteiger charge is -2.17. The molecule has 0 aromatic rings. The van der Waals surface area contributed by atoms with Crippen LogP contribution in [0.25, 0.3) is 0 Å². The van der Waals surface area contributed by atoms with E-state index in [4.69, 9.17) is 17.3 Å². The second-order valence-corrected chi connectivity index (χ2v) is 4.22. The van der Waals surface area contributed by atoms with Crippen molar-refractivity contribution in [3.63, 3.8) is 0 Å². The van der Waals surface area contributed by atoms with Crippen molar-refractivity contribution in [1.29, 1.82) is 0 Å². The molecule has 19 heavy (non-hydrogen) atoms. The zero-order valence-corrected chi connectivity index (χ0v) is 10.9. The Morgan fingerprint density at radius 1 is 1.42 bits per heavy atom. The number of hydrogen-bond donors (Lipinski definition) is 3. The van der Waals surface area contributed by atoms with Gasteiger partial charge in [0.2, 0.25) is 0 Å². The van der Waals surface area contributed by atoms with E-state index in [9.17, 15) is 13.2 Å². The molecule has 0 aliphatic heterocycles. The van der Waals surface area contributed by atoms with E-state index in [0.29, 0.717) is 30.2 Å². The predicted octanol–water partition coefficient (Wildman–Crippen LogP) is 1.58. The van der Waals surface area contributed by atoms with Crippen LogP contribution < -0.4 is 10.6 Å². The van der Waals surface area contributed by atoms with Gasteiger partial charge in [-0.05, 0) is 30.3 Å². The van der Waals surface area contributed by atoms with E-state index < -0.39 is 6.36 Å². The van der Waals surface area contributed by atoms with Gasteiger partial charge in [0.05, 0.1) is 6.61 Å². The largest absolute Gasteiger partial charge is 0.572 e. The third-order valence-corrected chi connectivity index (χ3v) is 2.53. The Balaban J connectivity index is 2.42. The van der Waals surface area contributed by atoms with Crippen LogP contribution in [0.3, 0.4) is 0 Å². The molecule has 0 fully saturated rings. The maximum absolute atomic E-state index is 12.1. The molecule has 1 aliphatic rings. The van der Waals surface area contributed by atoms with Crippen molar-refractivity contribution < 1.29 is 23.0 Å². The Morgan fingerprint density at radius 2 is 2.16 bits per heavy atom. The summed E-state index contributed by atoms with van der Waals surface area (Å²) in [7, 11) is 0. The molecule has 1 rings (SSSR count). The van der Waals surface area contributed by atoms with Crippen LogP contribution in [0.4, 0.5) is 13.2 Å². The second-order valence-electron chi connectivity index (χ2n) is 3.81. The van der Waals surface area contributed by atoms with Gasteiger partial charge in [-0.1, -0.05) is 6.08 Å². The molecular weight excluding hydrogens is 281 g/mol. The summed E-state index contributed by atoms with van der Waals surface area (Å²) in [5, 5.41) is 14.5. The minimum absolute atomic E-state index is 0.0476. The Hall–Kier alpha value is -1.28. The van der Waals surface area contributed by atoms with Crippen LogP contribution in [-0.2, 0) is 4.74 Å². The van der Waals surface area contributed by atoms with Gasteiger partial charge < -0.3 is 20.5 Å². The molecule has 1 aliphatic carbocycles. The Morgan fingerprint density at radius 3 is 2.79 bits per heavy atom. The fourth-order valence-corrected chi connectivity index (χ4v) is 1.68. The van der Waals surface area contributed by atoms with Crippen LogP contribution in [0.2, 0.25) is 0 Å². The standard InChI is InChI=1S/C11H15F3N2O2S/c12-11(13,14)18-9-3-1-2-8(6-9)7-16-10(19)15-4-5-17/h2,6,17H,1,3-5,7H2,(H2,15,16,19). The molecular formula is C11H15F3N2O2S. The molecule has 4 nitrogen and oxygen atoms in total. The molecule has 0 heterocycles. The smallest absolute Gasteiger partial charge is 0.410 e. The molecule has 0 amide bonds. The van der Waals surface area contributed by atoms with Crippen molar-refractivity contribution in [2.45, 2.75) is 19.2 Å². The summed E-state index contributed by atoms with van der Waals surface area (Å²) in [5.74, 6) is -0.0963. The first-order chi connectivity index (χ1) is 8.90. The lowest BCUT2D eigenvalue weighted by molar-refractivity contribution is -0.306. The van der Waals surface area contributed by atoms with Crippen molar-refractivity contribution in [3.8, 4) is 0 Å². The number of hydrogen-bond acceptors (Lipinski definition) is 3. The van der Waals surface area contributed by atoms with E-state index in [1.807, 2.05) is 6.08 Å². The van der Waals surface area contributed by atoms with Gasteiger partial charge in [0.25, 0.3) is 0 Å².